The number of nitrogen functional groups attached to an aromatic ring is 1. The van der Waals surface area contributed by atoms with Crippen molar-refractivity contribution in [1.82, 2.24) is 9.97 Å². The van der Waals surface area contributed by atoms with Crippen LogP contribution in [0.1, 0.15) is 12.0 Å². The summed E-state index contributed by atoms with van der Waals surface area (Å²) < 4.78 is 0. The number of aliphatic hydroxyl groups is 1. The van der Waals surface area contributed by atoms with Gasteiger partial charge in [0.25, 0.3) is 0 Å². The van der Waals surface area contributed by atoms with Crippen LogP contribution >= 0.6 is 0 Å². The summed E-state index contributed by atoms with van der Waals surface area (Å²) in [5, 5.41) is 10.0. The number of fused-ring (bicyclic) bond motifs is 1. The second kappa shape index (κ2) is 4.10. The van der Waals surface area contributed by atoms with Gasteiger partial charge in [-0.15, -0.1) is 0 Å². The largest absolute Gasteiger partial charge is 0.396 e. The van der Waals surface area contributed by atoms with Crippen molar-refractivity contribution in [3.8, 4) is 0 Å². The Hall–Kier alpha value is -1.88. The fourth-order valence-electron chi connectivity index (χ4n) is 2.30. The molecule has 3 rings (SSSR count). The Balaban J connectivity index is 2.07. The van der Waals surface area contributed by atoms with Gasteiger partial charge in [0.1, 0.15) is 5.82 Å². The van der Waals surface area contributed by atoms with Crippen molar-refractivity contribution in [2.24, 2.45) is 0 Å². The molecule has 1 aromatic carbocycles. The lowest BCUT2D eigenvalue weighted by molar-refractivity contribution is 0.289. The summed E-state index contributed by atoms with van der Waals surface area (Å²) in [4.78, 5) is 10.8. The van der Waals surface area contributed by atoms with Crippen molar-refractivity contribution >= 4 is 22.7 Å². The van der Waals surface area contributed by atoms with Crippen LogP contribution in [0.4, 0.5) is 11.8 Å². The first-order chi connectivity index (χ1) is 8.69. The van der Waals surface area contributed by atoms with E-state index >= 15 is 0 Å². The van der Waals surface area contributed by atoms with Crippen LogP contribution in [0.5, 0.6) is 0 Å². The van der Waals surface area contributed by atoms with Crippen molar-refractivity contribution in [2.75, 3.05) is 23.8 Å². The Morgan fingerprint density at radius 3 is 3.06 bits per heavy atom. The highest BCUT2D eigenvalue weighted by molar-refractivity contribution is 5.92. The number of aliphatic hydroxyl groups excluding tert-OH is 1. The summed E-state index contributed by atoms with van der Waals surface area (Å²) in [5.74, 6) is 1.19. The molecule has 1 atom stereocenters. The van der Waals surface area contributed by atoms with Crippen LogP contribution in [-0.4, -0.2) is 34.3 Å². The zero-order valence-corrected chi connectivity index (χ0v) is 10.3. The summed E-state index contributed by atoms with van der Waals surface area (Å²) in [7, 11) is 0. The van der Waals surface area contributed by atoms with E-state index in [-0.39, 0.29) is 6.61 Å². The molecule has 1 aromatic heterocycles. The third-order valence-corrected chi connectivity index (χ3v) is 3.30. The van der Waals surface area contributed by atoms with Gasteiger partial charge in [0.2, 0.25) is 5.95 Å². The molecule has 5 heteroatoms. The smallest absolute Gasteiger partial charge is 0.222 e. The molecule has 1 saturated heterocycles. The van der Waals surface area contributed by atoms with Crippen LogP contribution in [-0.2, 0) is 0 Å². The van der Waals surface area contributed by atoms with Crippen LogP contribution in [0.2, 0.25) is 0 Å². The van der Waals surface area contributed by atoms with E-state index < -0.39 is 0 Å². The van der Waals surface area contributed by atoms with Crippen molar-refractivity contribution < 1.29 is 5.11 Å². The number of benzene rings is 1. The number of aromatic nitrogens is 2. The zero-order chi connectivity index (χ0) is 12.7. The molecule has 1 unspecified atom stereocenters. The molecule has 0 amide bonds. The number of rotatable bonds is 3. The van der Waals surface area contributed by atoms with Gasteiger partial charge in [-0.05, 0) is 25.5 Å². The van der Waals surface area contributed by atoms with Crippen LogP contribution in [0, 0.1) is 6.92 Å². The second-order valence-corrected chi connectivity index (χ2v) is 4.74. The molecular weight excluding hydrogens is 228 g/mol. The first-order valence-electron chi connectivity index (χ1n) is 6.10. The average Bonchev–Trinajstić information content (AvgIpc) is 3.08. The summed E-state index contributed by atoms with van der Waals surface area (Å²) >= 11 is 0. The van der Waals surface area contributed by atoms with Crippen LogP contribution in [0.15, 0.2) is 18.2 Å². The Kier molecular flexibility index (Phi) is 2.56. The molecule has 0 bridgehead atoms. The lowest BCUT2D eigenvalue weighted by Crippen LogP contribution is -2.06. The summed E-state index contributed by atoms with van der Waals surface area (Å²) in [6.45, 7) is 3.19. The first kappa shape index (κ1) is 11.2. The van der Waals surface area contributed by atoms with E-state index in [4.69, 9.17) is 10.8 Å². The van der Waals surface area contributed by atoms with Crippen molar-refractivity contribution in [3.05, 3.63) is 23.8 Å². The van der Waals surface area contributed by atoms with Gasteiger partial charge in [-0.3, -0.25) is 0 Å². The summed E-state index contributed by atoms with van der Waals surface area (Å²) in [6, 6.07) is 6.45. The predicted molar refractivity (Wildman–Crippen MR) is 71.5 cm³/mol. The number of anilines is 2. The molecule has 2 heterocycles. The quantitative estimate of drug-likeness (QED) is 0.791. The summed E-state index contributed by atoms with van der Waals surface area (Å²) in [6.07, 6.45) is 0.775. The van der Waals surface area contributed by atoms with E-state index in [1.54, 1.807) is 0 Å². The van der Waals surface area contributed by atoms with E-state index in [2.05, 4.69) is 20.9 Å². The molecule has 5 nitrogen and oxygen atoms in total. The monoisotopic (exact) mass is 244 g/mol. The molecular formula is C13H16N4O. The third-order valence-electron chi connectivity index (χ3n) is 3.30. The maximum absolute atomic E-state index is 8.97. The van der Waals surface area contributed by atoms with Gasteiger partial charge in [0.05, 0.1) is 11.6 Å². The maximum Gasteiger partial charge on any atom is 0.222 e. The standard InChI is InChI=1S/C13H16N4O/c1-8-2-3-11-10(6-8)12(16-13(14)15-11)17-7-9(17)4-5-18/h2-3,6,9,18H,4-5,7H2,1H3,(H2,14,15,16). The van der Waals surface area contributed by atoms with Crippen molar-refractivity contribution in [1.29, 1.82) is 0 Å². The number of hydrogen-bond donors (Lipinski definition) is 2. The molecule has 1 aliphatic rings. The molecule has 0 spiro atoms. The molecule has 1 fully saturated rings. The topological polar surface area (TPSA) is 75.0 Å². The summed E-state index contributed by atoms with van der Waals surface area (Å²) in [5.41, 5.74) is 7.80. The second-order valence-electron chi connectivity index (χ2n) is 4.74. The van der Waals surface area contributed by atoms with Crippen molar-refractivity contribution in [2.45, 2.75) is 19.4 Å². The van der Waals surface area contributed by atoms with Gasteiger partial charge in [-0.25, -0.2) is 4.98 Å². The highest BCUT2D eigenvalue weighted by Crippen LogP contribution is 2.34. The molecule has 0 aliphatic carbocycles. The Morgan fingerprint density at radius 2 is 2.28 bits per heavy atom. The highest BCUT2D eigenvalue weighted by atomic mass is 16.3. The van der Waals surface area contributed by atoms with Crippen LogP contribution in [0.25, 0.3) is 10.9 Å². The lowest BCUT2D eigenvalue weighted by Gasteiger charge is -2.09. The average molecular weight is 244 g/mol. The molecule has 18 heavy (non-hydrogen) atoms. The van der Waals surface area contributed by atoms with Crippen LogP contribution < -0.4 is 10.6 Å². The Labute approximate surface area is 105 Å². The minimum absolute atomic E-state index is 0.207. The zero-order valence-electron chi connectivity index (χ0n) is 10.3. The maximum atomic E-state index is 8.97. The molecule has 2 aromatic rings. The van der Waals surface area contributed by atoms with E-state index in [0.29, 0.717) is 12.0 Å². The van der Waals surface area contributed by atoms with Crippen LogP contribution in [0.3, 0.4) is 0 Å². The van der Waals surface area contributed by atoms with E-state index in [0.717, 1.165) is 29.7 Å². The third kappa shape index (κ3) is 1.86. The number of aryl methyl sites for hydroxylation is 1. The van der Waals surface area contributed by atoms with Crippen molar-refractivity contribution in [3.63, 3.8) is 0 Å². The Bertz CT molecular complexity index is 599. The van der Waals surface area contributed by atoms with Gasteiger partial charge in [0, 0.05) is 18.5 Å². The molecule has 0 radical (unpaired) electrons. The van der Waals surface area contributed by atoms with E-state index in [1.807, 2.05) is 19.1 Å². The SMILES string of the molecule is Cc1ccc2nc(N)nc(N3CC3CCO)c2c1. The number of nitrogens with zero attached hydrogens (tertiary/aromatic N) is 3. The Morgan fingerprint density at radius 1 is 1.44 bits per heavy atom. The van der Waals surface area contributed by atoms with Gasteiger partial charge in [-0.2, -0.15) is 4.98 Å². The molecule has 1 aliphatic heterocycles. The molecule has 94 valence electrons. The van der Waals surface area contributed by atoms with Gasteiger partial charge >= 0.3 is 0 Å². The highest BCUT2D eigenvalue weighted by Gasteiger charge is 2.35. The first-order valence-corrected chi connectivity index (χ1v) is 6.10. The fraction of sp³-hybridized carbons (Fsp3) is 0.385. The van der Waals surface area contributed by atoms with Gasteiger partial charge in [0.15, 0.2) is 0 Å². The minimum Gasteiger partial charge on any atom is -0.396 e. The normalized spacial score (nSPS) is 18.3. The minimum atomic E-state index is 0.207. The molecule has 0 saturated carbocycles. The predicted octanol–water partition coefficient (Wildman–Crippen LogP) is 1.09. The fourth-order valence-corrected chi connectivity index (χ4v) is 2.30. The van der Waals surface area contributed by atoms with E-state index in [1.165, 1.54) is 5.56 Å². The number of nitrogens with two attached hydrogens (primary N) is 1. The number of hydrogen-bond acceptors (Lipinski definition) is 5. The van der Waals surface area contributed by atoms with Gasteiger partial charge in [-0.1, -0.05) is 11.6 Å². The van der Waals surface area contributed by atoms with E-state index in [9.17, 15) is 0 Å². The lowest BCUT2D eigenvalue weighted by atomic mass is 10.1. The van der Waals surface area contributed by atoms with Gasteiger partial charge < -0.3 is 15.7 Å². The molecule has 3 N–H and O–H groups in total.